The lowest BCUT2D eigenvalue weighted by atomic mass is 10.1. The van der Waals surface area contributed by atoms with E-state index in [0.29, 0.717) is 23.4 Å². The van der Waals surface area contributed by atoms with Crippen LogP contribution in [0.4, 0.5) is 0 Å². The van der Waals surface area contributed by atoms with Gasteiger partial charge in [-0.15, -0.1) is 11.3 Å². The minimum atomic E-state index is -0.195. The Morgan fingerprint density at radius 2 is 2.24 bits per heavy atom. The van der Waals surface area contributed by atoms with Crippen LogP contribution < -0.4 is 10.2 Å². The van der Waals surface area contributed by atoms with Crippen LogP contribution in [0.15, 0.2) is 40.8 Å². The summed E-state index contributed by atoms with van der Waals surface area (Å²) in [5, 5.41) is 15.8. The molecule has 1 aromatic carbocycles. The largest absolute Gasteiger partial charge is 0.507 e. The summed E-state index contributed by atoms with van der Waals surface area (Å²) < 4.78 is 5.10. The highest BCUT2D eigenvalue weighted by atomic mass is 32.1. The molecule has 0 saturated heterocycles. The Morgan fingerprint density at radius 1 is 1.43 bits per heavy atom. The summed E-state index contributed by atoms with van der Waals surface area (Å²) in [6, 6.07) is 8.65. The molecule has 2 rings (SSSR count). The number of nitrogens with zero attached hydrogens (tertiary/aromatic N) is 1. The van der Waals surface area contributed by atoms with E-state index in [9.17, 15) is 9.90 Å². The van der Waals surface area contributed by atoms with E-state index in [1.54, 1.807) is 26.2 Å². The molecule has 0 aliphatic heterocycles. The number of thiophene rings is 1. The van der Waals surface area contributed by atoms with E-state index in [-0.39, 0.29) is 11.7 Å². The van der Waals surface area contributed by atoms with Crippen molar-refractivity contribution in [3.63, 3.8) is 0 Å². The molecule has 5 nitrogen and oxygen atoms in total. The molecular weight excluding hydrogens is 288 g/mol. The predicted octanol–water partition coefficient (Wildman–Crippen LogP) is 2.55. The van der Waals surface area contributed by atoms with Gasteiger partial charge in [-0.2, -0.15) is 5.10 Å². The van der Waals surface area contributed by atoms with Crippen molar-refractivity contribution in [2.45, 2.75) is 13.3 Å². The number of ether oxygens (including phenoxy) is 1. The average molecular weight is 304 g/mol. The molecule has 0 bridgehead atoms. The number of phenols is 1. The number of amides is 1. The van der Waals surface area contributed by atoms with E-state index in [1.165, 1.54) is 17.4 Å². The third-order valence-corrected chi connectivity index (χ3v) is 3.73. The normalized spacial score (nSPS) is 11.2. The summed E-state index contributed by atoms with van der Waals surface area (Å²) in [7, 11) is 1.55. The minimum absolute atomic E-state index is 0.0876. The van der Waals surface area contributed by atoms with Gasteiger partial charge in [0.25, 0.3) is 0 Å². The Hall–Kier alpha value is -2.34. The van der Waals surface area contributed by atoms with Crippen LogP contribution in [0.5, 0.6) is 11.5 Å². The summed E-state index contributed by atoms with van der Waals surface area (Å²) in [6.45, 7) is 1.71. The second-order valence-corrected chi connectivity index (χ2v) is 5.40. The van der Waals surface area contributed by atoms with Crippen molar-refractivity contribution in [3.8, 4) is 11.5 Å². The SMILES string of the molecule is COc1ccc(O)c(/C(C)=N/NC(=O)Cc2cccs2)c1. The Kier molecular flexibility index (Phi) is 4.94. The predicted molar refractivity (Wildman–Crippen MR) is 83.0 cm³/mol. The van der Waals surface area contributed by atoms with Gasteiger partial charge in [0.05, 0.1) is 19.2 Å². The zero-order valence-electron chi connectivity index (χ0n) is 11.8. The standard InChI is InChI=1S/C15H16N2O3S/c1-10(13-8-11(20-2)5-6-14(13)18)16-17-15(19)9-12-4-3-7-21-12/h3-8,18H,9H2,1-2H3,(H,17,19)/b16-10+. The van der Waals surface area contributed by atoms with Gasteiger partial charge < -0.3 is 9.84 Å². The fraction of sp³-hybridized carbons (Fsp3) is 0.200. The maximum absolute atomic E-state index is 11.8. The van der Waals surface area contributed by atoms with Gasteiger partial charge in [-0.25, -0.2) is 5.43 Å². The first-order valence-electron chi connectivity index (χ1n) is 6.33. The number of phenolic OH excluding ortho intramolecular Hbond substituents is 1. The number of rotatable bonds is 5. The topological polar surface area (TPSA) is 70.9 Å². The van der Waals surface area contributed by atoms with Gasteiger partial charge in [0.15, 0.2) is 0 Å². The number of hydrogen-bond acceptors (Lipinski definition) is 5. The van der Waals surface area contributed by atoms with Crippen molar-refractivity contribution >= 4 is 23.0 Å². The van der Waals surface area contributed by atoms with Crippen molar-refractivity contribution in [1.29, 1.82) is 0 Å². The van der Waals surface area contributed by atoms with Crippen LogP contribution in [0.3, 0.4) is 0 Å². The Morgan fingerprint density at radius 3 is 2.90 bits per heavy atom. The molecule has 6 heteroatoms. The molecule has 0 unspecified atom stereocenters. The van der Waals surface area contributed by atoms with Crippen LogP contribution >= 0.6 is 11.3 Å². The van der Waals surface area contributed by atoms with Gasteiger partial charge in [0.1, 0.15) is 11.5 Å². The Bertz CT molecular complexity index is 651. The second-order valence-electron chi connectivity index (χ2n) is 4.37. The van der Waals surface area contributed by atoms with Crippen molar-refractivity contribution in [3.05, 3.63) is 46.2 Å². The molecule has 0 aliphatic carbocycles. The van der Waals surface area contributed by atoms with Crippen molar-refractivity contribution in [2.24, 2.45) is 5.10 Å². The van der Waals surface area contributed by atoms with Crippen molar-refractivity contribution in [1.82, 2.24) is 5.43 Å². The van der Waals surface area contributed by atoms with Crippen LogP contribution in [0, 0.1) is 0 Å². The maximum Gasteiger partial charge on any atom is 0.245 e. The Labute approximate surface area is 126 Å². The molecule has 2 aromatic rings. The van der Waals surface area contributed by atoms with Crippen LogP contribution in [-0.2, 0) is 11.2 Å². The summed E-state index contributed by atoms with van der Waals surface area (Å²) in [5.41, 5.74) is 3.51. The number of carbonyl (C=O) groups excluding carboxylic acids is 1. The van der Waals surface area contributed by atoms with Crippen LogP contribution in [-0.4, -0.2) is 23.8 Å². The fourth-order valence-electron chi connectivity index (χ4n) is 1.75. The smallest absolute Gasteiger partial charge is 0.245 e. The summed E-state index contributed by atoms with van der Waals surface area (Å²) in [5.74, 6) is 0.506. The third kappa shape index (κ3) is 4.06. The molecule has 110 valence electrons. The first kappa shape index (κ1) is 15.1. The quantitative estimate of drug-likeness (QED) is 0.659. The number of hydrazone groups is 1. The molecule has 1 heterocycles. The minimum Gasteiger partial charge on any atom is -0.507 e. The zero-order chi connectivity index (χ0) is 15.2. The molecule has 0 saturated carbocycles. The molecule has 0 atom stereocenters. The Balaban J connectivity index is 2.05. The highest BCUT2D eigenvalue weighted by molar-refractivity contribution is 7.10. The molecule has 21 heavy (non-hydrogen) atoms. The lowest BCUT2D eigenvalue weighted by molar-refractivity contribution is -0.120. The van der Waals surface area contributed by atoms with Gasteiger partial charge in [0, 0.05) is 10.4 Å². The zero-order valence-corrected chi connectivity index (χ0v) is 12.6. The first-order chi connectivity index (χ1) is 10.1. The molecule has 0 fully saturated rings. The summed E-state index contributed by atoms with van der Waals surface area (Å²) in [4.78, 5) is 12.7. The van der Waals surface area contributed by atoms with Crippen LogP contribution in [0.2, 0.25) is 0 Å². The number of nitrogens with one attached hydrogen (secondary N) is 1. The monoisotopic (exact) mass is 304 g/mol. The van der Waals surface area contributed by atoms with E-state index >= 15 is 0 Å². The molecular formula is C15H16N2O3S. The van der Waals surface area contributed by atoms with Crippen molar-refractivity contribution < 1.29 is 14.6 Å². The van der Waals surface area contributed by atoms with Crippen LogP contribution in [0.1, 0.15) is 17.4 Å². The van der Waals surface area contributed by atoms with Gasteiger partial charge in [-0.3, -0.25) is 4.79 Å². The third-order valence-electron chi connectivity index (χ3n) is 2.86. The number of methoxy groups -OCH3 is 1. The second kappa shape index (κ2) is 6.90. The number of carbonyl (C=O) groups is 1. The van der Waals surface area contributed by atoms with Gasteiger partial charge >= 0.3 is 0 Å². The van der Waals surface area contributed by atoms with E-state index in [0.717, 1.165) is 4.88 Å². The van der Waals surface area contributed by atoms with Gasteiger partial charge in [-0.05, 0) is 36.6 Å². The summed E-state index contributed by atoms with van der Waals surface area (Å²) >= 11 is 1.52. The van der Waals surface area contributed by atoms with E-state index in [2.05, 4.69) is 10.5 Å². The average Bonchev–Trinajstić information content (AvgIpc) is 2.98. The fourth-order valence-corrected chi connectivity index (χ4v) is 2.45. The van der Waals surface area contributed by atoms with Gasteiger partial charge in [0.2, 0.25) is 5.91 Å². The number of hydrogen-bond donors (Lipinski definition) is 2. The number of aromatic hydroxyl groups is 1. The van der Waals surface area contributed by atoms with Gasteiger partial charge in [-0.1, -0.05) is 6.07 Å². The first-order valence-corrected chi connectivity index (χ1v) is 7.21. The van der Waals surface area contributed by atoms with E-state index < -0.39 is 0 Å². The van der Waals surface area contributed by atoms with Crippen LogP contribution in [0.25, 0.3) is 0 Å². The molecule has 0 aliphatic rings. The molecule has 2 N–H and O–H groups in total. The summed E-state index contributed by atoms with van der Waals surface area (Å²) in [6.07, 6.45) is 0.290. The van der Waals surface area contributed by atoms with E-state index in [4.69, 9.17) is 4.74 Å². The molecule has 0 spiro atoms. The molecule has 1 aromatic heterocycles. The molecule has 1 amide bonds. The lowest BCUT2D eigenvalue weighted by Gasteiger charge is -2.07. The lowest BCUT2D eigenvalue weighted by Crippen LogP contribution is -2.20. The maximum atomic E-state index is 11.8. The molecule has 0 radical (unpaired) electrons. The van der Waals surface area contributed by atoms with E-state index in [1.807, 2.05) is 17.5 Å². The highest BCUT2D eigenvalue weighted by Gasteiger charge is 2.08. The highest BCUT2D eigenvalue weighted by Crippen LogP contribution is 2.23. The van der Waals surface area contributed by atoms with Crippen molar-refractivity contribution in [2.75, 3.05) is 7.11 Å². The number of benzene rings is 1.